The highest BCUT2D eigenvalue weighted by molar-refractivity contribution is 5.94. The molecule has 1 heterocycles. The van der Waals surface area contributed by atoms with Crippen molar-refractivity contribution in [2.75, 3.05) is 0 Å². The molecule has 4 nitrogen and oxygen atoms in total. The molecule has 0 bridgehead atoms. The summed E-state index contributed by atoms with van der Waals surface area (Å²) in [6.07, 6.45) is 1.75. The lowest BCUT2D eigenvalue weighted by Gasteiger charge is -2.14. The van der Waals surface area contributed by atoms with Gasteiger partial charge < -0.3 is 5.32 Å². The highest BCUT2D eigenvalue weighted by atomic mass is 16.1. The van der Waals surface area contributed by atoms with E-state index >= 15 is 0 Å². The van der Waals surface area contributed by atoms with Crippen molar-refractivity contribution in [1.29, 1.82) is 5.26 Å². The van der Waals surface area contributed by atoms with Crippen molar-refractivity contribution in [2.45, 2.75) is 19.4 Å². The van der Waals surface area contributed by atoms with E-state index < -0.39 is 0 Å². The summed E-state index contributed by atoms with van der Waals surface area (Å²) >= 11 is 0. The molecule has 0 spiro atoms. The van der Waals surface area contributed by atoms with Crippen molar-refractivity contribution < 1.29 is 4.79 Å². The molecule has 20 heavy (non-hydrogen) atoms. The maximum atomic E-state index is 12.2. The number of hydrogen-bond acceptors (Lipinski definition) is 3. The number of nitriles is 1. The van der Waals surface area contributed by atoms with Gasteiger partial charge in [0.2, 0.25) is 0 Å². The average molecular weight is 265 g/mol. The van der Waals surface area contributed by atoms with Crippen molar-refractivity contribution in [3.63, 3.8) is 0 Å². The Morgan fingerprint density at radius 3 is 2.80 bits per heavy atom. The first-order valence-electron chi connectivity index (χ1n) is 6.38. The molecule has 2 aromatic rings. The van der Waals surface area contributed by atoms with Crippen LogP contribution in [0, 0.1) is 11.3 Å². The van der Waals surface area contributed by atoms with Crippen molar-refractivity contribution >= 4 is 5.91 Å². The Hall–Kier alpha value is -2.67. The van der Waals surface area contributed by atoms with Crippen LogP contribution in [0.2, 0.25) is 0 Å². The Bertz CT molecular complexity index is 632. The Morgan fingerprint density at radius 2 is 2.10 bits per heavy atom. The highest BCUT2D eigenvalue weighted by Crippen LogP contribution is 2.12. The van der Waals surface area contributed by atoms with E-state index in [9.17, 15) is 4.79 Å². The van der Waals surface area contributed by atoms with E-state index in [4.69, 9.17) is 5.26 Å². The van der Waals surface area contributed by atoms with Gasteiger partial charge in [-0.25, -0.2) is 0 Å². The van der Waals surface area contributed by atoms with Gasteiger partial charge in [-0.2, -0.15) is 5.26 Å². The summed E-state index contributed by atoms with van der Waals surface area (Å²) < 4.78 is 0. The summed E-state index contributed by atoms with van der Waals surface area (Å²) in [5.41, 5.74) is 2.17. The number of aromatic nitrogens is 1. The predicted molar refractivity (Wildman–Crippen MR) is 75.9 cm³/mol. The summed E-state index contributed by atoms with van der Waals surface area (Å²) in [4.78, 5) is 16.2. The standard InChI is InChI=1S/C16H15N3O/c1-12(13-5-3-2-4-6-13)19-16(20)14-8-10-18-15(11-14)7-9-17/h2-6,8,10-12H,7H2,1H3,(H,19,20). The molecule has 0 aliphatic rings. The number of nitrogens with zero attached hydrogens (tertiary/aromatic N) is 2. The smallest absolute Gasteiger partial charge is 0.251 e. The second-order valence-corrected chi connectivity index (χ2v) is 4.48. The molecule has 2 rings (SSSR count). The predicted octanol–water partition coefficient (Wildman–Crippen LogP) is 2.64. The monoisotopic (exact) mass is 265 g/mol. The second-order valence-electron chi connectivity index (χ2n) is 4.48. The second kappa shape index (κ2) is 6.48. The van der Waals surface area contributed by atoms with Crippen molar-refractivity contribution in [3.8, 4) is 6.07 Å². The third kappa shape index (κ3) is 3.42. The first kappa shape index (κ1) is 13.8. The fourth-order valence-corrected chi connectivity index (χ4v) is 1.90. The lowest BCUT2D eigenvalue weighted by atomic mass is 10.1. The van der Waals surface area contributed by atoms with Crippen LogP contribution in [0.3, 0.4) is 0 Å². The fraction of sp³-hybridized carbons (Fsp3) is 0.188. The summed E-state index contributed by atoms with van der Waals surface area (Å²) in [7, 11) is 0. The van der Waals surface area contributed by atoms with E-state index in [1.165, 1.54) is 0 Å². The molecule has 1 N–H and O–H groups in total. The van der Waals surface area contributed by atoms with Gasteiger partial charge in [-0.1, -0.05) is 30.3 Å². The van der Waals surface area contributed by atoms with Gasteiger partial charge in [0, 0.05) is 11.8 Å². The molecule has 0 fully saturated rings. The quantitative estimate of drug-likeness (QED) is 0.924. The van der Waals surface area contributed by atoms with E-state index in [1.807, 2.05) is 43.3 Å². The number of carbonyl (C=O) groups is 1. The average Bonchev–Trinajstić information content (AvgIpc) is 2.48. The molecule has 1 unspecified atom stereocenters. The minimum atomic E-state index is -0.164. The minimum absolute atomic E-state index is 0.0729. The lowest BCUT2D eigenvalue weighted by Crippen LogP contribution is -2.26. The molecule has 4 heteroatoms. The molecule has 1 aromatic heterocycles. The van der Waals surface area contributed by atoms with Crippen LogP contribution in [-0.4, -0.2) is 10.9 Å². The summed E-state index contributed by atoms with van der Waals surface area (Å²) in [6, 6.07) is 15.0. The SMILES string of the molecule is CC(NC(=O)c1ccnc(CC#N)c1)c1ccccc1. The van der Waals surface area contributed by atoms with Gasteiger partial charge in [0.25, 0.3) is 5.91 Å². The first-order valence-corrected chi connectivity index (χ1v) is 6.38. The maximum Gasteiger partial charge on any atom is 0.251 e. The highest BCUT2D eigenvalue weighted by Gasteiger charge is 2.11. The topological polar surface area (TPSA) is 65.8 Å². The molecule has 0 aliphatic heterocycles. The molecule has 0 aliphatic carbocycles. The lowest BCUT2D eigenvalue weighted by molar-refractivity contribution is 0.0939. The van der Waals surface area contributed by atoms with Gasteiger partial charge >= 0.3 is 0 Å². The van der Waals surface area contributed by atoms with Gasteiger partial charge in [-0.05, 0) is 24.6 Å². The zero-order valence-corrected chi connectivity index (χ0v) is 11.2. The van der Waals surface area contributed by atoms with Gasteiger partial charge in [0.1, 0.15) is 0 Å². The maximum absolute atomic E-state index is 12.2. The van der Waals surface area contributed by atoms with Gasteiger partial charge in [0.15, 0.2) is 0 Å². The number of rotatable bonds is 4. The van der Waals surface area contributed by atoms with Crippen LogP contribution in [0.1, 0.15) is 34.6 Å². The van der Waals surface area contributed by atoms with E-state index in [-0.39, 0.29) is 18.4 Å². The van der Waals surface area contributed by atoms with Crippen LogP contribution in [0.25, 0.3) is 0 Å². The van der Waals surface area contributed by atoms with Crippen LogP contribution in [0.4, 0.5) is 0 Å². The molecule has 0 saturated heterocycles. The Kier molecular flexibility index (Phi) is 4.46. The number of amides is 1. The Morgan fingerprint density at radius 1 is 1.35 bits per heavy atom. The largest absolute Gasteiger partial charge is 0.346 e. The minimum Gasteiger partial charge on any atom is -0.346 e. The molecule has 1 atom stereocenters. The summed E-state index contributed by atoms with van der Waals surface area (Å²) in [5, 5.41) is 11.6. The molecular weight excluding hydrogens is 250 g/mol. The number of carbonyl (C=O) groups excluding carboxylic acids is 1. The molecular formula is C16H15N3O. The van der Waals surface area contributed by atoms with Crippen LogP contribution in [-0.2, 0) is 6.42 Å². The van der Waals surface area contributed by atoms with Crippen LogP contribution in [0.15, 0.2) is 48.7 Å². The van der Waals surface area contributed by atoms with Crippen molar-refractivity contribution in [2.24, 2.45) is 0 Å². The third-order valence-electron chi connectivity index (χ3n) is 2.99. The molecule has 1 aromatic carbocycles. The van der Waals surface area contributed by atoms with Crippen LogP contribution >= 0.6 is 0 Å². The third-order valence-corrected chi connectivity index (χ3v) is 2.99. The molecule has 0 saturated carbocycles. The zero-order chi connectivity index (χ0) is 14.4. The number of nitrogens with one attached hydrogen (secondary N) is 1. The number of benzene rings is 1. The summed E-state index contributed by atoms with van der Waals surface area (Å²) in [6.45, 7) is 1.94. The van der Waals surface area contributed by atoms with Gasteiger partial charge in [0.05, 0.1) is 24.2 Å². The van der Waals surface area contributed by atoms with Crippen molar-refractivity contribution in [3.05, 3.63) is 65.5 Å². The fourth-order valence-electron chi connectivity index (χ4n) is 1.90. The van der Waals surface area contributed by atoms with Crippen LogP contribution in [0.5, 0.6) is 0 Å². The number of hydrogen-bond donors (Lipinski definition) is 1. The van der Waals surface area contributed by atoms with E-state index in [0.717, 1.165) is 5.56 Å². The van der Waals surface area contributed by atoms with Gasteiger partial charge in [-0.3, -0.25) is 9.78 Å². The van der Waals surface area contributed by atoms with Gasteiger partial charge in [-0.15, -0.1) is 0 Å². The van der Waals surface area contributed by atoms with E-state index in [2.05, 4.69) is 10.3 Å². The summed E-state index contributed by atoms with van der Waals surface area (Å²) in [5.74, 6) is -0.164. The molecule has 1 amide bonds. The number of pyridine rings is 1. The zero-order valence-electron chi connectivity index (χ0n) is 11.2. The normalized spacial score (nSPS) is 11.4. The van der Waals surface area contributed by atoms with Crippen LogP contribution < -0.4 is 5.32 Å². The van der Waals surface area contributed by atoms with E-state index in [0.29, 0.717) is 11.3 Å². The molecule has 0 radical (unpaired) electrons. The Labute approximate surface area is 118 Å². The van der Waals surface area contributed by atoms with Crippen molar-refractivity contribution in [1.82, 2.24) is 10.3 Å². The molecule has 100 valence electrons. The Balaban J connectivity index is 2.09. The first-order chi connectivity index (χ1) is 9.70. The van der Waals surface area contributed by atoms with E-state index in [1.54, 1.807) is 18.3 Å².